The van der Waals surface area contributed by atoms with Crippen molar-refractivity contribution < 1.29 is 12.6 Å². The van der Waals surface area contributed by atoms with Gasteiger partial charge in [-0.3, -0.25) is 4.18 Å². The van der Waals surface area contributed by atoms with Crippen LogP contribution in [-0.4, -0.2) is 15.0 Å². The first-order valence-corrected chi connectivity index (χ1v) is 8.31. The Balaban J connectivity index is 2.00. The van der Waals surface area contributed by atoms with E-state index in [9.17, 15) is 8.42 Å². The Kier molecular flexibility index (Phi) is 4.80. The fourth-order valence-corrected chi connectivity index (χ4v) is 3.07. The van der Waals surface area contributed by atoms with Gasteiger partial charge in [0.2, 0.25) is 0 Å². The Morgan fingerprint density at radius 1 is 0.905 bits per heavy atom. The van der Waals surface area contributed by atoms with Crippen molar-refractivity contribution in [2.45, 2.75) is 32.1 Å². The number of aryl methyl sites for hydroxylation is 3. The summed E-state index contributed by atoms with van der Waals surface area (Å²) in [6.07, 6.45) is 0.581. The minimum absolute atomic E-state index is 0.153. The van der Waals surface area contributed by atoms with E-state index in [0.717, 1.165) is 16.7 Å². The van der Waals surface area contributed by atoms with Crippen molar-refractivity contribution in [1.82, 2.24) is 0 Å². The highest BCUT2D eigenvalue weighted by atomic mass is 32.2. The first kappa shape index (κ1) is 15.7. The normalized spacial score (nSPS) is 11.6. The molecule has 0 aromatic heterocycles. The van der Waals surface area contributed by atoms with Crippen LogP contribution < -0.4 is 0 Å². The van der Waals surface area contributed by atoms with Crippen LogP contribution in [0.3, 0.4) is 0 Å². The first-order valence-electron chi connectivity index (χ1n) is 6.91. The van der Waals surface area contributed by atoms with Crippen LogP contribution in [0.25, 0.3) is 0 Å². The monoisotopic (exact) mass is 304 g/mol. The number of rotatable bonds is 5. The van der Waals surface area contributed by atoms with Crippen LogP contribution in [0.5, 0.6) is 0 Å². The smallest absolute Gasteiger partial charge is 0.266 e. The number of benzene rings is 2. The molecule has 0 spiro atoms. The topological polar surface area (TPSA) is 43.4 Å². The Bertz CT molecular complexity index is 716. The molecule has 0 saturated carbocycles. The molecule has 0 unspecified atom stereocenters. The SMILES string of the molecule is Cc1ccc(S(=O)(=O)OCCc2ccc(C)cc2C)cc1. The lowest BCUT2D eigenvalue weighted by atomic mass is 10.0. The van der Waals surface area contributed by atoms with E-state index in [1.54, 1.807) is 24.3 Å². The molecule has 3 nitrogen and oxygen atoms in total. The lowest BCUT2D eigenvalue weighted by Gasteiger charge is -2.08. The van der Waals surface area contributed by atoms with Gasteiger partial charge in [-0.2, -0.15) is 8.42 Å². The summed E-state index contributed by atoms with van der Waals surface area (Å²) in [4.78, 5) is 0.203. The molecule has 0 bridgehead atoms. The van der Waals surface area contributed by atoms with Gasteiger partial charge in [0.1, 0.15) is 0 Å². The Labute approximate surface area is 126 Å². The van der Waals surface area contributed by atoms with E-state index in [1.807, 2.05) is 32.9 Å². The second kappa shape index (κ2) is 6.41. The third-order valence-corrected chi connectivity index (χ3v) is 4.74. The van der Waals surface area contributed by atoms with Crippen LogP contribution in [0.4, 0.5) is 0 Å². The fourth-order valence-electron chi connectivity index (χ4n) is 2.16. The van der Waals surface area contributed by atoms with Gasteiger partial charge in [0.15, 0.2) is 0 Å². The summed E-state index contributed by atoms with van der Waals surface area (Å²) in [7, 11) is -3.67. The van der Waals surface area contributed by atoms with E-state index < -0.39 is 10.1 Å². The summed E-state index contributed by atoms with van der Waals surface area (Å²) in [5.41, 5.74) is 4.49. The highest BCUT2D eigenvalue weighted by Gasteiger charge is 2.14. The van der Waals surface area contributed by atoms with Crippen molar-refractivity contribution in [2.24, 2.45) is 0 Å². The van der Waals surface area contributed by atoms with Crippen molar-refractivity contribution >= 4 is 10.1 Å². The van der Waals surface area contributed by atoms with E-state index >= 15 is 0 Å². The minimum atomic E-state index is -3.67. The van der Waals surface area contributed by atoms with E-state index in [2.05, 4.69) is 6.07 Å². The van der Waals surface area contributed by atoms with Crippen molar-refractivity contribution in [1.29, 1.82) is 0 Å². The molecular formula is C17H20O3S. The molecule has 0 aliphatic carbocycles. The zero-order valence-electron chi connectivity index (χ0n) is 12.6. The minimum Gasteiger partial charge on any atom is -0.266 e. The van der Waals surface area contributed by atoms with Gasteiger partial charge in [-0.15, -0.1) is 0 Å². The first-order chi connectivity index (χ1) is 9.88. The number of hydrogen-bond donors (Lipinski definition) is 0. The zero-order valence-corrected chi connectivity index (χ0v) is 13.4. The maximum Gasteiger partial charge on any atom is 0.296 e. The van der Waals surface area contributed by atoms with Crippen LogP contribution in [0, 0.1) is 20.8 Å². The molecule has 0 atom stereocenters. The van der Waals surface area contributed by atoms with Crippen LogP contribution >= 0.6 is 0 Å². The average Bonchev–Trinajstić information content (AvgIpc) is 2.41. The van der Waals surface area contributed by atoms with Gasteiger partial charge < -0.3 is 0 Å². The molecule has 0 fully saturated rings. The summed E-state index contributed by atoms with van der Waals surface area (Å²) in [6.45, 7) is 6.13. The maximum atomic E-state index is 12.1. The van der Waals surface area contributed by atoms with E-state index in [-0.39, 0.29) is 11.5 Å². The van der Waals surface area contributed by atoms with Crippen molar-refractivity contribution in [3.05, 3.63) is 64.7 Å². The highest BCUT2D eigenvalue weighted by Crippen LogP contribution is 2.15. The summed E-state index contributed by atoms with van der Waals surface area (Å²) in [6, 6.07) is 12.8. The van der Waals surface area contributed by atoms with Gasteiger partial charge in [0.25, 0.3) is 10.1 Å². The van der Waals surface area contributed by atoms with Crippen molar-refractivity contribution in [3.8, 4) is 0 Å². The molecule has 0 aliphatic rings. The molecular weight excluding hydrogens is 284 g/mol. The molecule has 2 aromatic carbocycles. The van der Waals surface area contributed by atoms with Crippen molar-refractivity contribution in [2.75, 3.05) is 6.61 Å². The summed E-state index contributed by atoms with van der Waals surface area (Å²) in [5.74, 6) is 0. The van der Waals surface area contributed by atoms with Gasteiger partial charge in [0, 0.05) is 0 Å². The van der Waals surface area contributed by atoms with Crippen LogP contribution in [0.15, 0.2) is 47.4 Å². The van der Waals surface area contributed by atoms with Crippen molar-refractivity contribution in [3.63, 3.8) is 0 Å². The van der Waals surface area contributed by atoms with Gasteiger partial charge in [-0.1, -0.05) is 41.5 Å². The molecule has 0 radical (unpaired) electrons. The fraction of sp³-hybridized carbons (Fsp3) is 0.294. The van der Waals surface area contributed by atoms with E-state index in [0.29, 0.717) is 6.42 Å². The summed E-state index contributed by atoms with van der Waals surface area (Å²) >= 11 is 0. The van der Waals surface area contributed by atoms with Gasteiger partial charge in [-0.25, -0.2) is 0 Å². The molecule has 0 saturated heterocycles. The Morgan fingerprint density at radius 3 is 2.14 bits per heavy atom. The van der Waals surface area contributed by atoms with Gasteiger partial charge in [0.05, 0.1) is 11.5 Å². The zero-order chi connectivity index (χ0) is 15.5. The van der Waals surface area contributed by atoms with Gasteiger partial charge >= 0.3 is 0 Å². The third kappa shape index (κ3) is 4.16. The lowest BCUT2D eigenvalue weighted by Crippen LogP contribution is -2.09. The van der Waals surface area contributed by atoms with Gasteiger partial charge in [-0.05, 0) is 50.5 Å². The maximum absolute atomic E-state index is 12.1. The molecule has 21 heavy (non-hydrogen) atoms. The predicted octanol–water partition coefficient (Wildman–Crippen LogP) is 3.56. The molecule has 112 valence electrons. The molecule has 0 aliphatic heterocycles. The molecule has 0 heterocycles. The third-order valence-electron chi connectivity index (χ3n) is 3.42. The largest absolute Gasteiger partial charge is 0.296 e. The molecule has 0 amide bonds. The molecule has 0 N–H and O–H groups in total. The van der Waals surface area contributed by atoms with Crippen LogP contribution in [0.2, 0.25) is 0 Å². The number of hydrogen-bond acceptors (Lipinski definition) is 3. The van der Waals surface area contributed by atoms with E-state index in [4.69, 9.17) is 4.18 Å². The Morgan fingerprint density at radius 2 is 1.52 bits per heavy atom. The lowest BCUT2D eigenvalue weighted by molar-refractivity contribution is 0.322. The molecule has 2 aromatic rings. The predicted molar refractivity (Wildman–Crippen MR) is 83.9 cm³/mol. The Hall–Kier alpha value is -1.65. The average molecular weight is 304 g/mol. The highest BCUT2D eigenvalue weighted by molar-refractivity contribution is 7.86. The molecule has 4 heteroatoms. The second-order valence-electron chi connectivity index (χ2n) is 5.27. The van der Waals surface area contributed by atoms with Crippen LogP contribution in [0.1, 0.15) is 22.3 Å². The quantitative estimate of drug-likeness (QED) is 0.793. The standard InChI is InChI=1S/C17H20O3S/c1-13-5-8-17(9-6-13)21(18,19)20-11-10-16-7-4-14(2)12-15(16)3/h4-9,12H,10-11H2,1-3H3. The molecule has 2 rings (SSSR count). The second-order valence-corrected chi connectivity index (χ2v) is 6.88. The van der Waals surface area contributed by atoms with Crippen LogP contribution in [-0.2, 0) is 20.7 Å². The summed E-state index contributed by atoms with van der Waals surface area (Å²) < 4.78 is 29.2. The summed E-state index contributed by atoms with van der Waals surface area (Å²) in [5, 5.41) is 0. The van der Waals surface area contributed by atoms with E-state index in [1.165, 1.54) is 5.56 Å².